The molecule has 2 aromatic rings. The lowest BCUT2D eigenvalue weighted by Gasteiger charge is -2.14. The highest BCUT2D eigenvalue weighted by Gasteiger charge is 2.48. The Balaban J connectivity index is 0.000000216. The first kappa shape index (κ1) is 18.9. The van der Waals surface area contributed by atoms with Crippen LogP contribution in [0.25, 0.3) is 10.8 Å². The molecule has 27 heavy (non-hydrogen) atoms. The summed E-state index contributed by atoms with van der Waals surface area (Å²) in [6, 6.07) is 5.23. The van der Waals surface area contributed by atoms with E-state index < -0.39 is 5.91 Å². The summed E-state index contributed by atoms with van der Waals surface area (Å²) in [5.41, 5.74) is 6.20. The molecule has 1 aromatic heterocycles. The van der Waals surface area contributed by atoms with Crippen LogP contribution in [0.15, 0.2) is 24.4 Å². The van der Waals surface area contributed by atoms with E-state index in [9.17, 15) is 9.59 Å². The molecule has 7 heteroatoms. The highest BCUT2D eigenvalue weighted by atomic mass is 16.5. The van der Waals surface area contributed by atoms with Crippen molar-refractivity contribution < 1.29 is 19.1 Å². The minimum absolute atomic E-state index is 0.0572. The number of benzene rings is 1. The summed E-state index contributed by atoms with van der Waals surface area (Å²) in [7, 11) is 1.55. The number of ether oxygens (including phenoxy) is 2. The van der Waals surface area contributed by atoms with Crippen LogP contribution < -0.4 is 20.5 Å². The van der Waals surface area contributed by atoms with Gasteiger partial charge in [0.2, 0.25) is 11.8 Å². The number of methoxy groups -OCH3 is 1. The number of fused-ring (bicyclic) bond motifs is 1. The van der Waals surface area contributed by atoms with Crippen molar-refractivity contribution in [1.82, 2.24) is 10.3 Å². The third-order valence-electron chi connectivity index (χ3n) is 4.80. The van der Waals surface area contributed by atoms with Crippen LogP contribution in [0.4, 0.5) is 0 Å². The maximum Gasteiger partial charge on any atom is 0.252 e. The van der Waals surface area contributed by atoms with Gasteiger partial charge in [0.1, 0.15) is 5.75 Å². The Morgan fingerprint density at radius 3 is 2.56 bits per heavy atom. The van der Waals surface area contributed by atoms with Crippen LogP contribution in [0.2, 0.25) is 0 Å². The molecular weight excluding hydrogens is 346 g/mol. The Bertz CT molecular complexity index is 875. The summed E-state index contributed by atoms with van der Waals surface area (Å²) in [5.74, 6) is 0.666. The second kappa shape index (κ2) is 7.42. The molecule has 1 aromatic carbocycles. The molecule has 2 amide bonds. The summed E-state index contributed by atoms with van der Waals surface area (Å²) in [4.78, 5) is 26.2. The third-order valence-corrected chi connectivity index (χ3v) is 4.80. The molecule has 2 aliphatic rings. The zero-order valence-electron chi connectivity index (χ0n) is 15.9. The van der Waals surface area contributed by atoms with Gasteiger partial charge >= 0.3 is 0 Å². The van der Waals surface area contributed by atoms with Crippen LogP contribution in [-0.2, 0) is 4.79 Å². The molecule has 0 radical (unpaired) electrons. The van der Waals surface area contributed by atoms with Gasteiger partial charge in [-0.25, -0.2) is 4.98 Å². The maximum atomic E-state index is 11.5. The average Bonchev–Trinajstić information content (AvgIpc) is 3.27. The normalized spacial score (nSPS) is 16.7. The lowest BCUT2D eigenvalue weighted by molar-refractivity contribution is -0.119. The molecular formula is C20H25N3O4. The van der Waals surface area contributed by atoms with Gasteiger partial charge in [0.15, 0.2) is 0 Å². The number of hydrogen-bond donors (Lipinski definition) is 2. The predicted molar refractivity (Wildman–Crippen MR) is 102 cm³/mol. The Kier molecular flexibility index (Phi) is 5.21. The number of amides is 2. The third kappa shape index (κ3) is 4.30. The van der Waals surface area contributed by atoms with E-state index >= 15 is 0 Å². The number of nitrogens with zero attached hydrogens (tertiary/aromatic N) is 1. The average molecular weight is 371 g/mol. The van der Waals surface area contributed by atoms with Crippen LogP contribution >= 0.6 is 0 Å². The molecule has 2 fully saturated rings. The second-order valence-corrected chi connectivity index (χ2v) is 7.37. The van der Waals surface area contributed by atoms with Crippen LogP contribution in [0.5, 0.6) is 11.6 Å². The summed E-state index contributed by atoms with van der Waals surface area (Å²) >= 11 is 0. The minimum Gasteiger partial charge on any atom is -0.490 e. The van der Waals surface area contributed by atoms with E-state index in [1.807, 2.05) is 13.8 Å². The van der Waals surface area contributed by atoms with Crippen LogP contribution in [-0.4, -0.2) is 36.6 Å². The zero-order chi connectivity index (χ0) is 19.6. The first-order chi connectivity index (χ1) is 12.8. The molecule has 1 aliphatic heterocycles. The summed E-state index contributed by atoms with van der Waals surface area (Å²) in [6.07, 6.45) is 4.90. The number of primary amides is 1. The van der Waals surface area contributed by atoms with E-state index in [0.29, 0.717) is 22.6 Å². The van der Waals surface area contributed by atoms with Crippen molar-refractivity contribution in [3.05, 3.63) is 30.0 Å². The smallest absolute Gasteiger partial charge is 0.252 e. The van der Waals surface area contributed by atoms with Gasteiger partial charge in [-0.15, -0.1) is 0 Å². The van der Waals surface area contributed by atoms with Crippen LogP contribution in [0, 0.1) is 5.41 Å². The number of carbonyl (C=O) groups excluding carboxylic acids is 2. The molecule has 1 saturated carbocycles. The highest BCUT2D eigenvalue weighted by Crippen LogP contribution is 2.50. The van der Waals surface area contributed by atoms with E-state index in [2.05, 4.69) is 10.3 Å². The van der Waals surface area contributed by atoms with Gasteiger partial charge < -0.3 is 20.5 Å². The van der Waals surface area contributed by atoms with E-state index in [1.165, 1.54) is 12.8 Å². The van der Waals surface area contributed by atoms with Gasteiger partial charge in [-0.05, 0) is 55.7 Å². The van der Waals surface area contributed by atoms with Crippen LogP contribution in [0.3, 0.4) is 0 Å². The fourth-order valence-corrected chi connectivity index (χ4v) is 3.16. The van der Waals surface area contributed by atoms with Gasteiger partial charge in [0.05, 0.1) is 18.8 Å². The Hall–Kier alpha value is -2.83. The van der Waals surface area contributed by atoms with E-state index in [-0.39, 0.29) is 12.0 Å². The molecule has 0 unspecified atom stereocenters. The minimum atomic E-state index is -0.520. The highest BCUT2D eigenvalue weighted by molar-refractivity contribution is 6.01. The monoisotopic (exact) mass is 371 g/mol. The van der Waals surface area contributed by atoms with Crippen molar-refractivity contribution in [2.24, 2.45) is 11.1 Å². The topological polar surface area (TPSA) is 104 Å². The summed E-state index contributed by atoms with van der Waals surface area (Å²) < 4.78 is 10.8. The lowest BCUT2D eigenvalue weighted by Crippen LogP contribution is -2.15. The van der Waals surface area contributed by atoms with Crippen molar-refractivity contribution in [1.29, 1.82) is 0 Å². The number of pyridine rings is 1. The molecule has 3 N–H and O–H groups in total. The van der Waals surface area contributed by atoms with Gasteiger partial charge in [0, 0.05) is 24.5 Å². The Morgan fingerprint density at radius 1 is 1.33 bits per heavy atom. The summed E-state index contributed by atoms with van der Waals surface area (Å²) in [5, 5.41) is 4.45. The Morgan fingerprint density at radius 2 is 2.07 bits per heavy atom. The number of nitrogens with two attached hydrogens (primary N) is 1. The fourth-order valence-electron chi connectivity index (χ4n) is 3.16. The van der Waals surface area contributed by atoms with Crippen molar-refractivity contribution in [3.63, 3.8) is 0 Å². The molecule has 0 bridgehead atoms. The quantitative estimate of drug-likeness (QED) is 0.859. The largest absolute Gasteiger partial charge is 0.490 e. The van der Waals surface area contributed by atoms with Gasteiger partial charge in [0.25, 0.3) is 5.91 Å². The maximum absolute atomic E-state index is 11.5. The van der Waals surface area contributed by atoms with Crippen molar-refractivity contribution in [3.8, 4) is 11.6 Å². The summed E-state index contributed by atoms with van der Waals surface area (Å²) in [6.45, 7) is 4.72. The SMILES string of the molecule is COc1nccc2cc(C(N)=O)c(OC(C)C)cc12.O=C1CC2(CC2)CN1. The van der Waals surface area contributed by atoms with Gasteiger partial charge in [-0.3, -0.25) is 9.59 Å². The molecule has 1 spiro atoms. The standard InChI is InChI=1S/C14H16N2O3.C6H9NO/c1-8(2)19-12-7-10-9(6-11(12)13(15)17)4-5-16-14(10)18-3;8-5-3-6(1-2-6)4-7-5/h4-8H,1-3H3,(H2,15,17);1-4H2,(H,7,8). The molecule has 7 nitrogen and oxygen atoms in total. The molecule has 2 heterocycles. The number of carbonyl (C=O) groups is 2. The van der Waals surface area contributed by atoms with Crippen molar-refractivity contribution in [2.45, 2.75) is 39.2 Å². The molecule has 0 atom stereocenters. The predicted octanol–water partition coefficient (Wildman–Crippen LogP) is 2.42. The van der Waals surface area contributed by atoms with Gasteiger partial charge in [-0.1, -0.05) is 0 Å². The molecule has 1 saturated heterocycles. The number of rotatable bonds is 4. The lowest BCUT2D eigenvalue weighted by atomic mass is 10.1. The molecule has 4 rings (SSSR count). The van der Waals surface area contributed by atoms with Crippen molar-refractivity contribution >= 4 is 22.6 Å². The van der Waals surface area contributed by atoms with Gasteiger partial charge in [-0.2, -0.15) is 0 Å². The zero-order valence-corrected chi connectivity index (χ0v) is 15.9. The van der Waals surface area contributed by atoms with E-state index in [0.717, 1.165) is 23.7 Å². The first-order valence-corrected chi connectivity index (χ1v) is 9.03. The molecule has 1 aliphatic carbocycles. The number of nitrogens with one attached hydrogen (secondary N) is 1. The van der Waals surface area contributed by atoms with E-state index in [4.69, 9.17) is 15.2 Å². The van der Waals surface area contributed by atoms with Crippen LogP contribution in [0.1, 0.15) is 43.5 Å². The Labute approximate surface area is 158 Å². The van der Waals surface area contributed by atoms with Crippen molar-refractivity contribution in [2.75, 3.05) is 13.7 Å². The fraction of sp³-hybridized carbons (Fsp3) is 0.450. The van der Waals surface area contributed by atoms with E-state index in [1.54, 1.807) is 31.5 Å². The second-order valence-electron chi connectivity index (χ2n) is 7.37. The first-order valence-electron chi connectivity index (χ1n) is 9.03. The number of aromatic nitrogens is 1. The molecule has 144 valence electrons. The number of hydrogen-bond acceptors (Lipinski definition) is 5.